The van der Waals surface area contributed by atoms with Crippen LogP contribution in [-0.2, 0) is 14.8 Å². The molecule has 0 aliphatic carbocycles. The largest absolute Gasteiger partial charge is 0.372 e. The van der Waals surface area contributed by atoms with Crippen molar-refractivity contribution in [2.45, 2.75) is 50.9 Å². The minimum absolute atomic E-state index is 0. The van der Waals surface area contributed by atoms with Crippen LogP contribution in [0, 0.1) is 22.1 Å². The molecular weight excluding hydrogens is 516 g/mol. The van der Waals surface area contributed by atoms with Gasteiger partial charge in [-0.15, -0.1) is 5.53 Å². The Labute approximate surface area is 214 Å². The SMILES string of the molecule is CC1OCC1(C#N)NS(=O)(=O)C1=CC2=C(C(=N)SC(=N)C(F)F)NNN2C(N2C[C@H](C)N[C@@H](C)C2)=C1.[HH].[HH]. The van der Waals surface area contributed by atoms with Crippen LogP contribution in [0.3, 0.4) is 0 Å². The number of rotatable bonds is 6. The molecule has 4 aliphatic heterocycles. The molecule has 4 rings (SSSR count). The van der Waals surface area contributed by atoms with Gasteiger partial charge in [-0.2, -0.15) is 9.98 Å². The van der Waals surface area contributed by atoms with E-state index in [4.69, 9.17) is 15.6 Å². The van der Waals surface area contributed by atoms with Crippen molar-refractivity contribution in [3.05, 3.63) is 34.3 Å². The van der Waals surface area contributed by atoms with Crippen molar-refractivity contribution in [2.24, 2.45) is 0 Å². The van der Waals surface area contributed by atoms with E-state index in [2.05, 4.69) is 21.0 Å². The molecule has 12 nitrogen and oxygen atoms in total. The fourth-order valence-electron chi connectivity index (χ4n) is 4.29. The number of thioether (sulfide) groups is 1. The molecule has 2 saturated heterocycles. The van der Waals surface area contributed by atoms with E-state index in [0.717, 1.165) is 0 Å². The number of hydrogen-bond donors (Lipinski definition) is 6. The second-order valence-electron chi connectivity index (χ2n) is 8.99. The topological polar surface area (TPSA) is 169 Å². The van der Waals surface area contributed by atoms with Crippen molar-refractivity contribution in [1.29, 1.82) is 16.1 Å². The van der Waals surface area contributed by atoms with Gasteiger partial charge in [0.15, 0.2) is 5.54 Å². The Kier molecular flexibility index (Phi) is 7.16. The molecule has 4 heterocycles. The van der Waals surface area contributed by atoms with Gasteiger partial charge in [0.2, 0.25) is 10.0 Å². The molecule has 0 radical (unpaired) electrons. The maximum Gasteiger partial charge on any atom is 0.285 e. The Morgan fingerprint density at radius 3 is 2.53 bits per heavy atom. The van der Waals surface area contributed by atoms with Crippen LogP contribution in [0.25, 0.3) is 0 Å². The molecule has 2 unspecified atom stereocenters. The number of allylic oxidation sites excluding steroid dienone is 2. The van der Waals surface area contributed by atoms with Gasteiger partial charge < -0.3 is 15.0 Å². The van der Waals surface area contributed by atoms with Gasteiger partial charge in [-0.1, -0.05) is 0 Å². The second kappa shape index (κ2) is 9.72. The van der Waals surface area contributed by atoms with E-state index >= 15 is 0 Å². The number of nitriles is 1. The summed E-state index contributed by atoms with van der Waals surface area (Å²) in [6, 6.07) is 2.18. The average molecular weight is 548 g/mol. The molecule has 0 spiro atoms. The molecule has 200 valence electrons. The predicted octanol–water partition coefficient (Wildman–Crippen LogP) is 0.989. The lowest BCUT2D eigenvalue weighted by molar-refractivity contribution is -0.102. The molecule has 0 aromatic heterocycles. The number of hydrogen-bond acceptors (Lipinski definition) is 12. The maximum atomic E-state index is 13.5. The lowest BCUT2D eigenvalue weighted by atomic mass is 9.92. The number of nitrogens with one attached hydrogen (secondary N) is 6. The average Bonchev–Trinajstić information content (AvgIpc) is 3.24. The molecule has 4 aliphatic rings. The summed E-state index contributed by atoms with van der Waals surface area (Å²) < 4.78 is 60.4. The molecule has 2 fully saturated rings. The Morgan fingerprint density at radius 1 is 1.33 bits per heavy atom. The number of sulfonamides is 1. The molecular formula is C20H31F2N9O3S2. The highest BCUT2D eigenvalue weighted by molar-refractivity contribution is 8.26. The first-order chi connectivity index (χ1) is 16.9. The summed E-state index contributed by atoms with van der Waals surface area (Å²) in [4.78, 5) is 1.81. The predicted molar refractivity (Wildman–Crippen MR) is 134 cm³/mol. The second-order valence-corrected chi connectivity index (χ2v) is 11.7. The molecule has 0 aromatic carbocycles. The zero-order chi connectivity index (χ0) is 26.4. The maximum absolute atomic E-state index is 13.5. The zero-order valence-electron chi connectivity index (χ0n) is 19.7. The smallest absolute Gasteiger partial charge is 0.285 e. The number of ether oxygens (including phenoxy) is 1. The van der Waals surface area contributed by atoms with E-state index in [1.54, 1.807) is 6.92 Å². The molecule has 36 heavy (non-hydrogen) atoms. The van der Waals surface area contributed by atoms with Crippen LogP contribution in [-0.4, -0.2) is 78.3 Å². The molecule has 0 saturated carbocycles. The summed E-state index contributed by atoms with van der Waals surface area (Å²) in [5.74, 6) is 0.459. The minimum Gasteiger partial charge on any atom is -0.372 e. The van der Waals surface area contributed by atoms with Gasteiger partial charge in [-0.05, 0) is 38.6 Å². The normalized spacial score (nSPS) is 30.2. The van der Waals surface area contributed by atoms with Crippen LogP contribution in [0.1, 0.15) is 23.6 Å². The highest BCUT2D eigenvalue weighted by Crippen LogP contribution is 2.34. The molecule has 6 N–H and O–H groups in total. The summed E-state index contributed by atoms with van der Waals surface area (Å²) in [5, 5.41) is 28.9. The van der Waals surface area contributed by atoms with E-state index in [1.165, 1.54) is 17.2 Å². The fourth-order valence-corrected chi connectivity index (χ4v) is 6.25. The number of hydrazine groups is 2. The Balaban J connectivity index is 0.00000253. The summed E-state index contributed by atoms with van der Waals surface area (Å²) in [6.45, 7) is 6.59. The van der Waals surface area contributed by atoms with Crippen LogP contribution >= 0.6 is 11.8 Å². The van der Waals surface area contributed by atoms with E-state index < -0.39 is 33.1 Å². The van der Waals surface area contributed by atoms with Crippen molar-refractivity contribution in [1.82, 2.24) is 30.9 Å². The number of alkyl halides is 2. The number of fused-ring (bicyclic) bond motifs is 1. The number of nitrogens with zero attached hydrogens (tertiary/aromatic N) is 3. The molecule has 16 heteroatoms. The monoisotopic (exact) mass is 547 g/mol. The first kappa shape index (κ1) is 26.5. The molecule has 0 bridgehead atoms. The van der Waals surface area contributed by atoms with Crippen molar-refractivity contribution in [2.75, 3.05) is 19.7 Å². The van der Waals surface area contributed by atoms with E-state index in [-0.39, 0.29) is 54.6 Å². The summed E-state index contributed by atoms with van der Waals surface area (Å²) in [6.07, 6.45) is -0.937. The third-order valence-corrected chi connectivity index (χ3v) is 8.46. The van der Waals surface area contributed by atoms with Crippen LogP contribution in [0.4, 0.5) is 8.78 Å². The van der Waals surface area contributed by atoms with Crippen LogP contribution < -0.4 is 21.0 Å². The van der Waals surface area contributed by atoms with Crippen molar-refractivity contribution in [3.8, 4) is 6.07 Å². The Morgan fingerprint density at radius 2 is 2.00 bits per heavy atom. The minimum atomic E-state index is -4.24. The van der Waals surface area contributed by atoms with Crippen molar-refractivity contribution >= 4 is 31.9 Å². The lowest BCUT2D eigenvalue weighted by Gasteiger charge is -2.43. The first-order valence-corrected chi connectivity index (χ1v) is 13.4. The molecule has 0 amide bonds. The Bertz CT molecular complexity index is 1210. The van der Waals surface area contributed by atoms with Crippen molar-refractivity contribution < 1.29 is 24.8 Å². The van der Waals surface area contributed by atoms with Crippen molar-refractivity contribution in [3.63, 3.8) is 0 Å². The fraction of sp³-hybridized carbons (Fsp3) is 0.550. The highest BCUT2D eigenvalue weighted by atomic mass is 32.2. The van der Waals surface area contributed by atoms with Gasteiger partial charge in [0.05, 0.1) is 29.4 Å². The van der Waals surface area contributed by atoms with E-state index in [9.17, 15) is 22.5 Å². The summed E-state index contributed by atoms with van der Waals surface area (Å²) in [5.41, 5.74) is 4.44. The van der Waals surface area contributed by atoms with E-state index in [0.29, 0.717) is 18.9 Å². The highest BCUT2D eigenvalue weighted by Gasteiger charge is 2.50. The standard InChI is InChI=1S/C20H27F2N9O3S2.2H2/c1-10-6-30(7-11(2)26-10)15-5-13(36(32,33)28-20(8-23)9-34-12(20)3)4-14-16(27-29-31(14)15)18(24)35-19(25)17(21)22;;/h4-5,10-12,17,24-29H,6-7,9H2,1-3H3;2*1H/t10-,11-,12?,20?;;/m0../s1. The first-order valence-electron chi connectivity index (χ1n) is 11.1. The van der Waals surface area contributed by atoms with E-state index in [1.807, 2.05) is 24.8 Å². The summed E-state index contributed by atoms with van der Waals surface area (Å²) in [7, 11) is -4.24. The molecule has 4 atom stereocenters. The number of piperazine rings is 1. The van der Waals surface area contributed by atoms with Gasteiger partial charge in [-0.25, -0.2) is 22.2 Å². The third kappa shape index (κ3) is 4.86. The third-order valence-electron chi connectivity index (χ3n) is 6.17. The van der Waals surface area contributed by atoms with Crippen LogP contribution in [0.2, 0.25) is 0 Å². The van der Waals surface area contributed by atoms with Gasteiger partial charge in [0.25, 0.3) is 6.43 Å². The van der Waals surface area contributed by atoms with Gasteiger partial charge >= 0.3 is 0 Å². The van der Waals surface area contributed by atoms with Crippen LogP contribution in [0.5, 0.6) is 0 Å². The van der Waals surface area contributed by atoms with Gasteiger partial charge in [0, 0.05) is 34.1 Å². The number of halogens is 2. The van der Waals surface area contributed by atoms with Gasteiger partial charge in [0.1, 0.15) is 21.6 Å². The zero-order valence-corrected chi connectivity index (χ0v) is 21.4. The lowest BCUT2D eigenvalue weighted by Crippen LogP contribution is -2.66. The van der Waals surface area contributed by atoms with Crippen LogP contribution in [0.15, 0.2) is 34.3 Å². The molecule has 0 aromatic rings. The quantitative estimate of drug-likeness (QED) is 0.208. The Hall–Kier alpha value is -2.55. The van der Waals surface area contributed by atoms with Gasteiger partial charge in [-0.3, -0.25) is 16.2 Å². The summed E-state index contributed by atoms with van der Waals surface area (Å²) >= 11 is 0.266.